The lowest BCUT2D eigenvalue weighted by molar-refractivity contribution is 0.0951. The van der Waals surface area contributed by atoms with Crippen LogP contribution in [0.2, 0.25) is 0 Å². The molecule has 26 heavy (non-hydrogen) atoms. The van der Waals surface area contributed by atoms with Crippen LogP contribution in [0.15, 0.2) is 73.1 Å². The van der Waals surface area contributed by atoms with Crippen molar-refractivity contribution in [3.8, 4) is 0 Å². The van der Waals surface area contributed by atoms with E-state index in [4.69, 9.17) is 0 Å². The van der Waals surface area contributed by atoms with Crippen LogP contribution in [-0.2, 0) is 19.5 Å². The Kier molecular flexibility index (Phi) is 5.99. The SMILES string of the molecule is CCc1ccccc1NCc1cccc(C(=O)NCc2ccncc2)c1. The third kappa shape index (κ3) is 4.70. The molecular weight excluding hydrogens is 322 g/mol. The molecule has 1 heterocycles. The topological polar surface area (TPSA) is 54.0 Å². The van der Waals surface area contributed by atoms with E-state index in [2.05, 4.69) is 40.7 Å². The number of pyridine rings is 1. The summed E-state index contributed by atoms with van der Waals surface area (Å²) in [6, 6.07) is 19.8. The van der Waals surface area contributed by atoms with Crippen molar-refractivity contribution in [2.24, 2.45) is 0 Å². The number of hydrogen-bond donors (Lipinski definition) is 2. The molecular formula is C22H23N3O. The van der Waals surface area contributed by atoms with Gasteiger partial charge in [-0.3, -0.25) is 9.78 Å². The lowest BCUT2D eigenvalue weighted by Crippen LogP contribution is -2.22. The number of aryl methyl sites for hydroxylation is 1. The van der Waals surface area contributed by atoms with E-state index in [1.807, 2.05) is 42.5 Å². The van der Waals surface area contributed by atoms with Gasteiger partial charge in [-0.2, -0.15) is 0 Å². The molecule has 0 spiro atoms. The van der Waals surface area contributed by atoms with E-state index in [-0.39, 0.29) is 5.91 Å². The highest BCUT2D eigenvalue weighted by molar-refractivity contribution is 5.94. The number of nitrogens with one attached hydrogen (secondary N) is 2. The first-order valence-electron chi connectivity index (χ1n) is 8.84. The molecule has 3 aromatic rings. The molecule has 3 rings (SSSR count). The molecule has 0 aliphatic rings. The second-order valence-electron chi connectivity index (χ2n) is 6.10. The van der Waals surface area contributed by atoms with Crippen LogP contribution in [0.5, 0.6) is 0 Å². The van der Waals surface area contributed by atoms with Gasteiger partial charge in [-0.1, -0.05) is 37.3 Å². The van der Waals surface area contributed by atoms with Gasteiger partial charge in [-0.15, -0.1) is 0 Å². The average Bonchev–Trinajstić information content (AvgIpc) is 2.71. The molecule has 0 bridgehead atoms. The summed E-state index contributed by atoms with van der Waals surface area (Å²) >= 11 is 0. The maximum atomic E-state index is 12.4. The Morgan fingerprint density at radius 2 is 1.73 bits per heavy atom. The van der Waals surface area contributed by atoms with Crippen molar-refractivity contribution in [3.63, 3.8) is 0 Å². The van der Waals surface area contributed by atoms with Crippen LogP contribution >= 0.6 is 0 Å². The zero-order chi connectivity index (χ0) is 18.2. The highest BCUT2D eigenvalue weighted by atomic mass is 16.1. The number of para-hydroxylation sites is 1. The highest BCUT2D eigenvalue weighted by Gasteiger charge is 2.06. The predicted octanol–water partition coefficient (Wildman–Crippen LogP) is 4.19. The number of amides is 1. The Hall–Kier alpha value is -3.14. The van der Waals surface area contributed by atoms with Gasteiger partial charge in [0.05, 0.1) is 0 Å². The molecule has 1 aromatic heterocycles. The van der Waals surface area contributed by atoms with Crippen molar-refractivity contribution in [2.45, 2.75) is 26.4 Å². The van der Waals surface area contributed by atoms with Gasteiger partial charge in [0, 0.05) is 36.7 Å². The Balaban J connectivity index is 1.61. The fourth-order valence-electron chi connectivity index (χ4n) is 2.81. The van der Waals surface area contributed by atoms with Gasteiger partial charge in [0.1, 0.15) is 0 Å². The molecule has 0 unspecified atom stereocenters. The number of benzene rings is 2. The molecule has 0 saturated carbocycles. The maximum Gasteiger partial charge on any atom is 0.251 e. The third-order valence-corrected chi connectivity index (χ3v) is 4.27. The van der Waals surface area contributed by atoms with Gasteiger partial charge in [-0.05, 0) is 53.4 Å². The molecule has 0 saturated heterocycles. The smallest absolute Gasteiger partial charge is 0.251 e. The summed E-state index contributed by atoms with van der Waals surface area (Å²) < 4.78 is 0. The summed E-state index contributed by atoms with van der Waals surface area (Å²) in [5.74, 6) is -0.0716. The van der Waals surface area contributed by atoms with Crippen LogP contribution in [0.1, 0.15) is 34.0 Å². The minimum atomic E-state index is -0.0716. The second-order valence-corrected chi connectivity index (χ2v) is 6.10. The predicted molar refractivity (Wildman–Crippen MR) is 105 cm³/mol. The van der Waals surface area contributed by atoms with Gasteiger partial charge in [0.2, 0.25) is 0 Å². The summed E-state index contributed by atoms with van der Waals surface area (Å²) in [4.78, 5) is 16.4. The number of aromatic nitrogens is 1. The van der Waals surface area contributed by atoms with Crippen LogP contribution < -0.4 is 10.6 Å². The normalized spacial score (nSPS) is 10.3. The molecule has 4 nitrogen and oxygen atoms in total. The zero-order valence-corrected chi connectivity index (χ0v) is 14.9. The lowest BCUT2D eigenvalue weighted by Gasteiger charge is -2.12. The first-order valence-corrected chi connectivity index (χ1v) is 8.84. The largest absolute Gasteiger partial charge is 0.381 e. The van der Waals surface area contributed by atoms with E-state index in [1.165, 1.54) is 5.56 Å². The quantitative estimate of drug-likeness (QED) is 0.675. The highest BCUT2D eigenvalue weighted by Crippen LogP contribution is 2.17. The standard InChI is InChI=1S/C22H23N3O/c1-2-19-7-3-4-9-21(19)24-16-18-6-5-8-20(14-18)22(26)25-15-17-10-12-23-13-11-17/h3-14,24H,2,15-16H2,1H3,(H,25,26). The summed E-state index contributed by atoms with van der Waals surface area (Å²) in [6.07, 6.45) is 4.43. The van der Waals surface area contributed by atoms with Crippen LogP contribution in [0.3, 0.4) is 0 Å². The zero-order valence-electron chi connectivity index (χ0n) is 14.9. The van der Waals surface area contributed by atoms with Gasteiger partial charge in [-0.25, -0.2) is 0 Å². The molecule has 4 heteroatoms. The van der Waals surface area contributed by atoms with E-state index >= 15 is 0 Å². The lowest BCUT2D eigenvalue weighted by atomic mass is 10.1. The molecule has 0 fully saturated rings. The van der Waals surface area contributed by atoms with Crippen molar-refractivity contribution >= 4 is 11.6 Å². The van der Waals surface area contributed by atoms with Crippen LogP contribution in [0, 0.1) is 0 Å². The van der Waals surface area contributed by atoms with E-state index in [1.54, 1.807) is 12.4 Å². The first kappa shape index (κ1) is 17.7. The van der Waals surface area contributed by atoms with Crippen molar-refractivity contribution < 1.29 is 4.79 Å². The number of carbonyl (C=O) groups excluding carboxylic acids is 1. The van der Waals surface area contributed by atoms with Crippen LogP contribution in [0.25, 0.3) is 0 Å². The third-order valence-electron chi connectivity index (χ3n) is 4.27. The molecule has 0 aliphatic carbocycles. The van der Waals surface area contributed by atoms with Gasteiger partial charge in [0.25, 0.3) is 5.91 Å². The molecule has 0 atom stereocenters. The molecule has 2 aromatic carbocycles. The van der Waals surface area contributed by atoms with Crippen molar-refractivity contribution in [1.82, 2.24) is 10.3 Å². The molecule has 2 N–H and O–H groups in total. The monoisotopic (exact) mass is 345 g/mol. The maximum absolute atomic E-state index is 12.4. The number of carbonyl (C=O) groups is 1. The van der Waals surface area contributed by atoms with Crippen LogP contribution in [-0.4, -0.2) is 10.9 Å². The van der Waals surface area contributed by atoms with Gasteiger partial charge in [0.15, 0.2) is 0 Å². The van der Waals surface area contributed by atoms with E-state index in [9.17, 15) is 4.79 Å². The number of rotatable bonds is 7. The minimum absolute atomic E-state index is 0.0716. The molecule has 0 radical (unpaired) electrons. The summed E-state index contributed by atoms with van der Waals surface area (Å²) in [5, 5.41) is 6.41. The van der Waals surface area contributed by atoms with Crippen LogP contribution in [0.4, 0.5) is 5.69 Å². The molecule has 132 valence electrons. The summed E-state index contributed by atoms with van der Waals surface area (Å²) in [6.45, 7) is 3.32. The Labute approximate surface area is 154 Å². The number of nitrogens with zero attached hydrogens (tertiary/aromatic N) is 1. The Bertz CT molecular complexity index is 862. The fraction of sp³-hybridized carbons (Fsp3) is 0.182. The Morgan fingerprint density at radius 3 is 2.54 bits per heavy atom. The Morgan fingerprint density at radius 1 is 0.923 bits per heavy atom. The fourth-order valence-corrected chi connectivity index (χ4v) is 2.81. The van der Waals surface area contributed by atoms with Gasteiger partial charge < -0.3 is 10.6 Å². The van der Waals surface area contributed by atoms with Crippen molar-refractivity contribution in [2.75, 3.05) is 5.32 Å². The van der Waals surface area contributed by atoms with E-state index in [0.717, 1.165) is 23.2 Å². The first-order chi connectivity index (χ1) is 12.8. The van der Waals surface area contributed by atoms with Gasteiger partial charge >= 0.3 is 0 Å². The van der Waals surface area contributed by atoms with Crippen molar-refractivity contribution in [1.29, 1.82) is 0 Å². The number of anilines is 1. The minimum Gasteiger partial charge on any atom is -0.381 e. The molecule has 0 aliphatic heterocycles. The summed E-state index contributed by atoms with van der Waals surface area (Å²) in [7, 11) is 0. The average molecular weight is 345 g/mol. The van der Waals surface area contributed by atoms with E-state index < -0.39 is 0 Å². The molecule has 1 amide bonds. The second kappa shape index (κ2) is 8.81. The number of hydrogen-bond acceptors (Lipinski definition) is 3. The van der Waals surface area contributed by atoms with E-state index in [0.29, 0.717) is 18.7 Å². The summed E-state index contributed by atoms with van der Waals surface area (Å²) in [5.41, 5.74) is 5.21. The van der Waals surface area contributed by atoms with Crippen molar-refractivity contribution in [3.05, 3.63) is 95.3 Å².